The fourth-order valence-corrected chi connectivity index (χ4v) is 5.63. The molecule has 4 heteroatoms. The number of hydrogen-bond acceptors (Lipinski definition) is 2. The van der Waals surface area contributed by atoms with Crippen LogP contribution >= 0.6 is 11.6 Å². The number of benzene rings is 1. The van der Waals surface area contributed by atoms with Crippen molar-refractivity contribution in [3.8, 4) is 0 Å². The van der Waals surface area contributed by atoms with Crippen LogP contribution in [0.4, 0.5) is 0 Å². The van der Waals surface area contributed by atoms with Crippen LogP contribution in [0.25, 0.3) is 0 Å². The van der Waals surface area contributed by atoms with Gasteiger partial charge < -0.3 is 5.73 Å². The Bertz CT molecular complexity index is 480. The fourth-order valence-electron chi connectivity index (χ4n) is 3.41. The predicted molar refractivity (Wildman–Crippen MR) is 91.9 cm³/mol. The summed E-state index contributed by atoms with van der Waals surface area (Å²) in [5.74, 6) is 1.68. The Morgan fingerprint density at radius 1 is 1.33 bits per heavy atom. The monoisotopic (exact) mass is 327 g/mol. The molecular weight excluding hydrogens is 302 g/mol. The Kier molecular flexibility index (Phi) is 6.72. The molecule has 0 saturated heterocycles. The molecule has 1 fully saturated rings. The zero-order chi connectivity index (χ0) is 15.2. The standard InChI is InChI=1S/C17H26ClNOS/c1-2-5-13-8-9-14(11-19)17(10-13)21(20)12-15-6-3-4-7-16(15)18/h3-4,6-7,13-14,17H,2,5,8-12,19H2,1H3. The molecule has 21 heavy (non-hydrogen) atoms. The maximum atomic E-state index is 12.8. The van der Waals surface area contributed by atoms with Crippen LogP contribution in [0.5, 0.6) is 0 Å². The third kappa shape index (κ3) is 4.54. The molecule has 1 aromatic carbocycles. The van der Waals surface area contributed by atoms with Crippen molar-refractivity contribution in [1.82, 2.24) is 0 Å². The number of hydrogen-bond donors (Lipinski definition) is 1. The summed E-state index contributed by atoms with van der Waals surface area (Å²) in [5.41, 5.74) is 6.91. The third-order valence-corrected chi connectivity index (χ3v) is 6.85. The lowest BCUT2D eigenvalue weighted by molar-refractivity contribution is 0.272. The van der Waals surface area contributed by atoms with Gasteiger partial charge in [0.05, 0.1) is 5.75 Å². The molecule has 0 spiro atoms. The molecule has 0 heterocycles. The van der Waals surface area contributed by atoms with Gasteiger partial charge in [0.15, 0.2) is 0 Å². The van der Waals surface area contributed by atoms with E-state index in [-0.39, 0.29) is 5.25 Å². The van der Waals surface area contributed by atoms with Gasteiger partial charge in [-0.15, -0.1) is 0 Å². The first-order valence-electron chi connectivity index (χ1n) is 7.96. The average molecular weight is 328 g/mol. The van der Waals surface area contributed by atoms with Crippen molar-refractivity contribution in [2.45, 2.75) is 50.0 Å². The van der Waals surface area contributed by atoms with Gasteiger partial charge >= 0.3 is 0 Å². The highest BCUT2D eigenvalue weighted by Gasteiger charge is 2.33. The highest BCUT2D eigenvalue weighted by atomic mass is 35.5. The van der Waals surface area contributed by atoms with Crippen LogP contribution in [-0.4, -0.2) is 16.0 Å². The average Bonchev–Trinajstić information content (AvgIpc) is 2.50. The molecule has 1 aliphatic carbocycles. The molecule has 2 nitrogen and oxygen atoms in total. The maximum absolute atomic E-state index is 12.8. The molecule has 0 aromatic heterocycles. The molecule has 1 aliphatic rings. The largest absolute Gasteiger partial charge is 0.330 e. The van der Waals surface area contributed by atoms with E-state index in [9.17, 15) is 4.21 Å². The smallest absolute Gasteiger partial charge is 0.0503 e. The highest BCUT2D eigenvalue weighted by molar-refractivity contribution is 7.84. The molecule has 118 valence electrons. The third-order valence-electron chi connectivity index (χ3n) is 4.63. The van der Waals surface area contributed by atoms with E-state index in [1.165, 1.54) is 19.3 Å². The van der Waals surface area contributed by atoms with Gasteiger partial charge in [0.25, 0.3) is 0 Å². The minimum Gasteiger partial charge on any atom is -0.330 e. The molecule has 0 amide bonds. The lowest BCUT2D eigenvalue weighted by Crippen LogP contribution is -2.37. The lowest BCUT2D eigenvalue weighted by Gasteiger charge is -2.35. The van der Waals surface area contributed by atoms with Crippen LogP contribution in [-0.2, 0) is 16.6 Å². The van der Waals surface area contributed by atoms with Crippen LogP contribution in [0, 0.1) is 11.8 Å². The number of rotatable bonds is 6. The van der Waals surface area contributed by atoms with Crippen molar-refractivity contribution < 1.29 is 4.21 Å². The summed E-state index contributed by atoms with van der Waals surface area (Å²) in [6, 6.07) is 7.72. The predicted octanol–water partition coefficient (Wildman–Crippen LogP) is 4.13. The minimum absolute atomic E-state index is 0.233. The summed E-state index contributed by atoms with van der Waals surface area (Å²) in [4.78, 5) is 0. The fraction of sp³-hybridized carbons (Fsp3) is 0.647. The Balaban J connectivity index is 2.05. The Morgan fingerprint density at radius 2 is 2.10 bits per heavy atom. The summed E-state index contributed by atoms with van der Waals surface area (Å²) < 4.78 is 12.8. The summed E-state index contributed by atoms with van der Waals surface area (Å²) in [6.07, 6.45) is 5.89. The second-order valence-electron chi connectivity index (χ2n) is 6.12. The van der Waals surface area contributed by atoms with Gasteiger partial charge in [0.2, 0.25) is 0 Å². The molecule has 0 radical (unpaired) electrons. The lowest BCUT2D eigenvalue weighted by atomic mass is 9.80. The second-order valence-corrected chi connectivity index (χ2v) is 8.18. The van der Waals surface area contributed by atoms with E-state index in [0.29, 0.717) is 18.2 Å². The minimum atomic E-state index is -0.886. The van der Waals surface area contributed by atoms with Gasteiger partial charge in [-0.05, 0) is 42.9 Å². The van der Waals surface area contributed by atoms with Gasteiger partial charge in [-0.3, -0.25) is 4.21 Å². The van der Waals surface area contributed by atoms with Crippen molar-refractivity contribution in [2.75, 3.05) is 6.54 Å². The van der Waals surface area contributed by atoms with Gasteiger partial charge in [0, 0.05) is 21.1 Å². The Hall–Kier alpha value is -0.380. The van der Waals surface area contributed by atoms with Gasteiger partial charge in [-0.2, -0.15) is 0 Å². The first-order valence-corrected chi connectivity index (χ1v) is 9.72. The van der Waals surface area contributed by atoms with E-state index in [1.54, 1.807) is 0 Å². The van der Waals surface area contributed by atoms with Crippen LogP contribution < -0.4 is 5.73 Å². The summed E-state index contributed by atoms with van der Waals surface area (Å²) in [7, 11) is -0.886. The Morgan fingerprint density at radius 3 is 2.76 bits per heavy atom. The van der Waals surface area contributed by atoms with Crippen molar-refractivity contribution in [3.63, 3.8) is 0 Å². The van der Waals surface area contributed by atoms with E-state index in [4.69, 9.17) is 17.3 Å². The van der Waals surface area contributed by atoms with Crippen molar-refractivity contribution in [2.24, 2.45) is 17.6 Å². The van der Waals surface area contributed by atoms with Crippen molar-refractivity contribution in [3.05, 3.63) is 34.9 Å². The van der Waals surface area contributed by atoms with Gasteiger partial charge in [-0.1, -0.05) is 56.0 Å². The molecule has 4 atom stereocenters. The van der Waals surface area contributed by atoms with E-state index < -0.39 is 10.8 Å². The Labute approximate surface area is 135 Å². The summed E-state index contributed by atoms with van der Waals surface area (Å²) in [5, 5.41) is 0.952. The van der Waals surface area contributed by atoms with Crippen LogP contribution in [0.1, 0.15) is 44.6 Å². The topological polar surface area (TPSA) is 43.1 Å². The van der Waals surface area contributed by atoms with Gasteiger partial charge in [0.1, 0.15) is 0 Å². The van der Waals surface area contributed by atoms with Crippen LogP contribution in [0.3, 0.4) is 0 Å². The van der Waals surface area contributed by atoms with Crippen LogP contribution in [0.15, 0.2) is 24.3 Å². The number of halogens is 1. The molecular formula is C17H26ClNOS. The zero-order valence-electron chi connectivity index (χ0n) is 12.8. The SMILES string of the molecule is CCCC1CCC(CN)C(S(=O)Cc2ccccc2Cl)C1. The highest BCUT2D eigenvalue weighted by Crippen LogP contribution is 2.35. The molecule has 1 aromatic rings. The molecule has 2 N–H and O–H groups in total. The van der Waals surface area contributed by atoms with E-state index in [0.717, 1.165) is 29.3 Å². The van der Waals surface area contributed by atoms with Gasteiger partial charge in [-0.25, -0.2) is 0 Å². The maximum Gasteiger partial charge on any atom is 0.0503 e. The van der Waals surface area contributed by atoms with Crippen molar-refractivity contribution in [1.29, 1.82) is 0 Å². The second kappa shape index (κ2) is 8.30. The first-order chi connectivity index (χ1) is 10.2. The first kappa shape index (κ1) is 17.0. The molecule has 0 aliphatic heterocycles. The number of nitrogens with two attached hydrogens (primary N) is 1. The molecule has 2 rings (SSSR count). The quantitative estimate of drug-likeness (QED) is 0.853. The van der Waals surface area contributed by atoms with E-state index >= 15 is 0 Å². The van der Waals surface area contributed by atoms with Crippen molar-refractivity contribution >= 4 is 22.4 Å². The molecule has 0 bridgehead atoms. The molecule has 4 unspecified atom stereocenters. The molecule has 1 saturated carbocycles. The van der Waals surface area contributed by atoms with Crippen LogP contribution in [0.2, 0.25) is 5.02 Å². The zero-order valence-corrected chi connectivity index (χ0v) is 14.3. The summed E-state index contributed by atoms with van der Waals surface area (Å²) >= 11 is 6.20. The normalized spacial score (nSPS) is 27.5. The van der Waals surface area contributed by atoms with E-state index in [1.807, 2.05) is 24.3 Å². The summed E-state index contributed by atoms with van der Waals surface area (Å²) in [6.45, 7) is 2.88. The van der Waals surface area contributed by atoms with E-state index in [2.05, 4.69) is 6.92 Å².